The number of methoxy groups -OCH3 is 1. The lowest BCUT2D eigenvalue weighted by molar-refractivity contribution is -0.141. The van der Waals surface area contributed by atoms with Crippen molar-refractivity contribution in [3.8, 4) is 0 Å². The zero-order valence-corrected chi connectivity index (χ0v) is 12.9. The minimum Gasteiger partial charge on any atom is -0.383 e. The van der Waals surface area contributed by atoms with Crippen LogP contribution < -0.4 is 5.32 Å². The average molecular weight is 285 g/mol. The number of ether oxygens (including phenoxy) is 1. The monoisotopic (exact) mass is 285 g/mol. The second-order valence-corrected chi connectivity index (χ2v) is 5.20. The summed E-state index contributed by atoms with van der Waals surface area (Å²) < 4.78 is 5.00. The molecule has 1 aliphatic heterocycles. The predicted octanol–water partition coefficient (Wildman–Crippen LogP) is 0.0818. The quantitative estimate of drug-likeness (QED) is 0.686. The highest BCUT2D eigenvalue weighted by molar-refractivity contribution is 5.88. The Morgan fingerprint density at radius 3 is 2.95 bits per heavy atom. The first-order chi connectivity index (χ1) is 9.60. The SMILES string of the molecule is CCCCN(C)C(=O)CC1NCCN(CCOC)C1=O. The average Bonchev–Trinajstić information content (AvgIpc) is 2.45. The Labute approximate surface area is 121 Å². The van der Waals surface area contributed by atoms with Gasteiger partial charge in [0.1, 0.15) is 0 Å². The van der Waals surface area contributed by atoms with Gasteiger partial charge in [0.2, 0.25) is 11.8 Å². The summed E-state index contributed by atoms with van der Waals surface area (Å²) in [5.41, 5.74) is 0. The molecule has 6 nitrogen and oxygen atoms in total. The number of carbonyl (C=O) groups excluding carboxylic acids is 2. The van der Waals surface area contributed by atoms with E-state index in [-0.39, 0.29) is 18.2 Å². The fourth-order valence-corrected chi connectivity index (χ4v) is 2.23. The molecule has 0 aromatic rings. The number of piperazine rings is 1. The van der Waals surface area contributed by atoms with E-state index >= 15 is 0 Å². The van der Waals surface area contributed by atoms with E-state index in [1.807, 2.05) is 0 Å². The first-order valence-corrected chi connectivity index (χ1v) is 7.35. The second-order valence-electron chi connectivity index (χ2n) is 5.20. The molecule has 20 heavy (non-hydrogen) atoms. The molecule has 0 radical (unpaired) electrons. The number of hydrogen-bond donors (Lipinski definition) is 1. The molecule has 1 aliphatic rings. The maximum atomic E-state index is 12.2. The third kappa shape index (κ3) is 5.09. The lowest BCUT2D eigenvalue weighted by atomic mass is 10.1. The van der Waals surface area contributed by atoms with Gasteiger partial charge in [-0.15, -0.1) is 0 Å². The van der Waals surface area contributed by atoms with Gasteiger partial charge in [-0.05, 0) is 6.42 Å². The number of rotatable bonds is 8. The number of nitrogens with zero attached hydrogens (tertiary/aromatic N) is 2. The summed E-state index contributed by atoms with van der Waals surface area (Å²) in [6.45, 7) is 5.38. The first kappa shape index (κ1) is 16.9. The minimum absolute atomic E-state index is 0.00513. The molecule has 0 aromatic carbocycles. The Morgan fingerprint density at radius 2 is 2.30 bits per heavy atom. The third-order valence-electron chi connectivity index (χ3n) is 3.60. The van der Waals surface area contributed by atoms with Crippen molar-refractivity contribution in [3.63, 3.8) is 0 Å². The highest BCUT2D eigenvalue weighted by Gasteiger charge is 2.30. The third-order valence-corrected chi connectivity index (χ3v) is 3.60. The van der Waals surface area contributed by atoms with Gasteiger partial charge in [-0.1, -0.05) is 13.3 Å². The molecule has 1 fully saturated rings. The van der Waals surface area contributed by atoms with Crippen molar-refractivity contribution >= 4 is 11.8 Å². The maximum absolute atomic E-state index is 12.2. The van der Waals surface area contributed by atoms with Crippen LogP contribution in [0.1, 0.15) is 26.2 Å². The molecule has 6 heteroatoms. The number of nitrogens with one attached hydrogen (secondary N) is 1. The van der Waals surface area contributed by atoms with Crippen molar-refractivity contribution in [2.24, 2.45) is 0 Å². The summed E-state index contributed by atoms with van der Waals surface area (Å²) in [6.07, 6.45) is 2.29. The summed E-state index contributed by atoms with van der Waals surface area (Å²) in [5.74, 6) is 0.0310. The van der Waals surface area contributed by atoms with Gasteiger partial charge in [-0.2, -0.15) is 0 Å². The van der Waals surface area contributed by atoms with Crippen LogP contribution in [0.5, 0.6) is 0 Å². The maximum Gasteiger partial charge on any atom is 0.240 e. The van der Waals surface area contributed by atoms with E-state index in [0.29, 0.717) is 19.7 Å². The zero-order valence-electron chi connectivity index (χ0n) is 12.9. The van der Waals surface area contributed by atoms with Gasteiger partial charge in [0.25, 0.3) is 0 Å². The van der Waals surface area contributed by atoms with E-state index in [0.717, 1.165) is 25.9 Å². The Kier molecular flexibility index (Phi) is 7.54. The molecule has 0 aliphatic carbocycles. The van der Waals surface area contributed by atoms with Crippen LogP contribution in [-0.4, -0.2) is 74.6 Å². The van der Waals surface area contributed by atoms with Crippen molar-refractivity contribution in [2.75, 3.05) is 46.9 Å². The van der Waals surface area contributed by atoms with E-state index < -0.39 is 6.04 Å². The highest BCUT2D eigenvalue weighted by atomic mass is 16.5. The molecule has 1 saturated heterocycles. The minimum atomic E-state index is -0.391. The lowest BCUT2D eigenvalue weighted by Gasteiger charge is -2.33. The summed E-state index contributed by atoms with van der Waals surface area (Å²) in [4.78, 5) is 27.8. The lowest BCUT2D eigenvalue weighted by Crippen LogP contribution is -2.56. The van der Waals surface area contributed by atoms with Crippen LogP contribution >= 0.6 is 0 Å². The van der Waals surface area contributed by atoms with Gasteiger partial charge < -0.3 is 19.9 Å². The predicted molar refractivity (Wildman–Crippen MR) is 77.4 cm³/mol. The summed E-state index contributed by atoms with van der Waals surface area (Å²) >= 11 is 0. The highest BCUT2D eigenvalue weighted by Crippen LogP contribution is 2.07. The van der Waals surface area contributed by atoms with E-state index in [9.17, 15) is 9.59 Å². The van der Waals surface area contributed by atoms with Gasteiger partial charge >= 0.3 is 0 Å². The van der Waals surface area contributed by atoms with Crippen LogP contribution in [0.25, 0.3) is 0 Å². The van der Waals surface area contributed by atoms with E-state index in [4.69, 9.17) is 4.74 Å². The number of hydrogen-bond acceptors (Lipinski definition) is 4. The van der Waals surface area contributed by atoms with Crippen LogP contribution in [0, 0.1) is 0 Å². The normalized spacial score (nSPS) is 19.2. The van der Waals surface area contributed by atoms with Crippen molar-refractivity contribution in [3.05, 3.63) is 0 Å². The smallest absolute Gasteiger partial charge is 0.240 e. The fourth-order valence-electron chi connectivity index (χ4n) is 2.23. The number of amides is 2. The summed E-state index contributed by atoms with van der Waals surface area (Å²) in [7, 11) is 3.42. The van der Waals surface area contributed by atoms with Gasteiger partial charge in [0.05, 0.1) is 19.1 Å². The molecule has 1 rings (SSSR count). The topological polar surface area (TPSA) is 61.9 Å². The van der Waals surface area contributed by atoms with Crippen molar-refractivity contribution in [2.45, 2.75) is 32.2 Å². The van der Waals surface area contributed by atoms with E-state index in [2.05, 4.69) is 12.2 Å². The van der Waals surface area contributed by atoms with Crippen molar-refractivity contribution in [1.82, 2.24) is 15.1 Å². The molecule has 0 spiro atoms. The van der Waals surface area contributed by atoms with Crippen LogP contribution in [0.4, 0.5) is 0 Å². The van der Waals surface area contributed by atoms with Crippen LogP contribution in [0.2, 0.25) is 0 Å². The van der Waals surface area contributed by atoms with Crippen LogP contribution in [-0.2, 0) is 14.3 Å². The Hall–Kier alpha value is -1.14. The Morgan fingerprint density at radius 1 is 1.55 bits per heavy atom. The largest absolute Gasteiger partial charge is 0.383 e. The molecule has 1 N–H and O–H groups in total. The van der Waals surface area contributed by atoms with Gasteiger partial charge in [-0.3, -0.25) is 9.59 Å². The van der Waals surface area contributed by atoms with Crippen molar-refractivity contribution in [1.29, 1.82) is 0 Å². The van der Waals surface area contributed by atoms with Gasteiger partial charge in [0.15, 0.2) is 0 Å². The molecule has 0 saturated carbocycles. The Balaban J connectivity index is 2.45. The molecular formula is C14H27N3O3. The summed E-state index contributed by atoms with van der Waals surface area (Å²) in [6, 6.07) is -0.391. The molecule has 1 atom stereocenters. The molecule has 2 amide bonds. The number of carbonyl (C=O) groups is 2. The van der Waals surface area contributed by atoms with Gasteiger partial charge in [0, 0.05) is 40.3 Å². The zero-order chi connectivity index (χ0) is 15.0. The van der Waals surface area contributed by atoms with E-state index in [1.54, 1.807) is 24.0 Å². The van der Waals surface area contributed by atoms with Crippen LogP contribution in [0.3, 0.4) is 0 Å². The van der Waals surface area contributed by atoms with Gasteiger partial charge in [-0.25, -0.2) is 0 Å². The molecule has 1 unspecified atom stereocenters. The molecule has 116 valence electrons. The Bertz CT molecular complexity index is 323. The fraction of sp³-hybridized carbons (Fsp3) is 0.857. The standard InChI is InChI=1S/C14H27N3O3/c1-4-5-7-16(2)13(18)11-12-14(19)17(8-6-15-12)9-10-20-3/h12,15H,4-11H2,1-3H3. The first-order valence-electron chi connectivity index (χ1n) is 7.35. The second kappa shape index (κ2) is 8.92. The summed E-state index contributed by atoms with van der Waals surface area (Å²) in [5, 5.41) is 3.14. The molecule has 1 heterocycles. The van der Waals surface area contributed by atoms with E-state index in [1.165, 1.54) is 0 Å². The van der Waals surface area contributed by atoms with Crippen molar-refractivity contribution < 1.29 is 14.3 Å². The molecule has 0 bridgehead atoms. The molecule has 0 aromatic heterocycles. The van der Waals surface area contributed by atoms with Crippen LogP contribution in [0.15, 0.2) is 0 Å². The number of unbranched alkanes of at least 4 members (excludes halogenated alkanes) is 1. The molecular weight excluding hydrogens is 258 g/mol.